The molecule has 0 aromatic rings. The summed E-state index contributed by atoms with van der Waals surface area (Å²) in [5.74, 6) is -1.19. The topological polar surface area (TPSA) is 57.5 Å². The smallest absolute Gasteiger partial charge is 0.479 e. The van der Waals surface area contributed by atoms with Crippen molar-refractivity contribution >= 4 is 5.97 Å². The molecule has 0 saturated heterocycles. The first kappa shape index (κ1) is 10.0. The maximum Gasteiger partial charge on any atom is 2.00 e. The fraction of sp³-hybridized carbons (Fsp3) is 0.667. The fourth-order valence-corrected chi connectivity index (χ4v) is 0. The Balaban J connectivity index is 0. The van der Waals surface area contributed by atoms with Gasteiger partial charge in [-0.05, 0) is 6.92 Å². The van der Waals surface area contributed by atoms with Gasteiger partial charge in [0.05, 0.1) is 0 Å². The summed E-state index contributed by atoms with van der Waals surface area (Å²) in [6.45, 7) is 1.20. The van der Waals surface area contributed by atoms with Gasteiger partial charge < -0.3 is 10.2 Å². The molecule has 0 saturated carbocycles. The van der Waals surface area contributed by atoms with Gasteiger partial charge in [0.15, 0.2) is 0 Å². The Morgan fingerprint density at radius 2 is 1.86 bits per heavy atom. The maximum atomic E-state index is 9.45. The molecular formula is C3H6CuO3+2. The van der Waals surface area contributed by atoms with E-state index < -0.39 is 12.1 Å². The second kappa shape index (κ2) is 4.12. The quantitative estimate of drug-likeness (QED) is 0.497. The summed E-state index contributed by atoms with van der Waals surface area (Å²) in [6.07, 6.45) is -1.23. The third-order valence-corrected chi connectivity index (χ3v) is 0.357. The summed E-state index contributed by atoms with van der Waals surface area (Å²) in [7, 11) is 0. The van der Waals surface area contributed by atoms with Crippen LogP contribution in [-0.2, 0) is 21.9 Å². The number of carboxylic acid groups (broad SMARTS) is 1. The molecule has 0 aliphatic rings. The molecule has 3 nitrogen and oxygen atoms in total. The van der Waals surface area contributed by atoms with Gasteiger partial charge in [-0.2, -0.15) is 0 Å². The van der Waals surface area contributed by atoms with Gasteiger partial charge in [-0.3, -0.25) is 0 Å². The molecule has 0 fully saturated rings. The number of rotatable bonds is 1. The van der Waals surface area contributed by atoms with Gasteiger partial charge in [0, 0.05) is 0 Å². The minimum absolute atomic E-state index is 0. The summed E-state index contributed by atoms with van der Waals surface area (Å²) >= 11 is 0. The molecule has 0 rings (SSSR count). The van der Waals surface area contributed by atoms with Crippen molar-refractivity contribution in [2.45, 2.75) is 13.0 Å². The summed E-state index contributed by atoms with van der Waals surface area (Å²) in [5.41, 5.74) is 0. The first-order chi connectivity index (χ1) is 2.64. The second-order valence-electron chi connectivity index (χ2n) is 1.01. The van der Waals surface area contributed by atoms with Crippen LogP contribution in [0.1, 0.15) is 6.92 Å². The first-order valence-electron chi connectivity index (χ1n) is 1.55. The third kappa shape index (κ3) is 5.95. The van der Waals surface area contributed by atoms with Crippen LogP contribution >= 0.6 is 0 Å². The number of hydrogen-bond acceptors (Lipinski definition) is 2. The first-order valence-corrected chi connectivity index (χ1v) is 1.55. The van der Waals surface area contributed by atoms with E-state index in [1.807, 2.05) is 0 Å². The molecule has 0 aliphatic heterocycles. The van der Waals surface area contributed by atoms with Crippen LogP contribution in [0.5, 0.6) is 0 Å². The molecule has 1 unspecified atom stereocenters. The Kier molecular flexibility index (Phi) is 5.91. The molecule has 7 heavy (non-hydrogen) atoms. The van der Waals surface area contributed by atoms with E-state index in [1.54, 1.807) is 0 Å². The normalized spacial score (nSPS) is 11.7. The van der Waals surface area contributed by atoms with Gasteiger partial charge in [0.1, 0.15) is 6.10 Å². The summed E-state index contributed by atoms with van der Waals surface area (Å²) in [5, 5.41) is 15.8. The number of aliphatic hydroxyl groups is 1. The van der Waals surface area contributed by atoms with E-state index in [1.165, 1.54) is 6.92 Å². The summed E-state index contributed by atoms with van der Waals surface area (Å²) < 4.78 is 0. The van der Waals surface area contributed by atoms with E-state index in [0.29, 0.717) is 0 Å². The zero-order valence-electron chi connectivity index (χ0n) is 3.68. The molecule has 1 atom stereocenters. The SMILES string of the molecule is CC(O)C(=O)O.[Cu+2]. The third-order valence-electron chi connectivity index (χ3n) is 0.357. The predicted molar refractivity (Wildman–Crippen MR) is 19.3 cm³/mol. The second-order valence-corrected chi connectivity index (χ2v) is 1.01. The molecule has 0 heterocycles. The zero-order chi connectivity index (χ0) is 5.15. The molecule has 45 valence electrons. The molecule has 2 N–H and O–H groups in total. The summed E-state index contributed by atoms with van der Waals surface area (Å²) in [6, 6.07) is 0. The minimum atomic E-state index is -1.23. The molecular weight excluding hydrogens is 148 g/mol. The van der Waals surface area contributed by atoms with Crippen molar-refractivity contribution in [2.24, 2.45) is 0 Å². The minimum Gasteiger partial charge on any atom is -0.479 e. The van der Waals surface area contributed by atoms with Crippen LogP contribution in [0.2, 0.25) is 0 Å². The largest absolute Gasteiger partial charge is 2.00 e. The van der Waals surface area contributed by atoms with E-state index in [-0.39, 0.29) is 17.1 Å². The zero-order valence-corrected chi connectivity index (χ0v) is 4.62. The molecule has 0 aliphatic carbocycles. The average Bonchev–Trinajstić information content (AvgIpc) is 1.36. The van der Waals surface area contributed by atoms with Crippen molar-refractivity contribution in [3.05, 3.63) is 0 Å². The molecule has 1 radical (unpaired) electrons. The summed E-state index contributed by atoms with van der Waals surface area (Å²) in [4.78, 5) is 9.45. The Morgan fingerprint density at radius 1 is 1.71 bits per heavy atom. The van der Waals surface area contributed by atoms with Crippen molar-refractivity contribution in [1.29, 1.82) is 0 Å². The van der Waals surface area contributed by atoms with Crippen LogP contribution in [0, 0.1) is 0 Å². The van der Waals surface area contributed by atoms with Gasteiger partial charge in [-0.1, -0.05) is 0 Å². The Hall–Kier alpha value is -0.0505. The predicted octanol–water partition coefficient (Wildman–Crippen LogP) is -0.551. The molecule has 0 aromatic heterocycles. The maximum absolute atomic E-state index is 9.45. The standard InChI is InChI=1S/C3H6O3.Cu/c1-2(4)3(5)6;/h2,4H,1H3,(H,5,6);/q;+2. The van der Waals surface area contributed by atoms with Crippen LogP contribution in [0.4, 0.5) is 0 Å². The molecule has 0 bridgehead atoms. The van der Waals surface area contributed by atoms with E-state index in [2.05, 4.69) is 0 Å². The van der Waals surface area contributed by atoms with Crippen LogP contribution in [0.3, 0.4) is 0 Å². The van der Waals surface area contributed by atoms with Crippen molar-refractivity contribution < 1.29 is 32.1 Å². The number of carboxylic acids is 1. The Bertz CT molecular complexity index is 61.2. The fourth-order valence-electron chi connectivity index (χ4n) is 0. The van der Waals surface area contributed by atoms with Crippen molar-refractivity contribution in [2.75, 3.05) is 0 Å². The van der Waals surface area contributed by atoms with Crippen LogP contribution in [0.25, 0.3) is 0 Å². The average molecular weight is 154 g/mol. The van der Waals surface area contributed by atoms with Crippen molar-refractivity contribution in [1.82, 2.24) is 0 Å². The Morgan fingerprint density at radius 3 is 1.86 bits per heavy atom. The van der Waals surface area contributed by atoms with Crippen LogP contribution in [0.15, 0.2) is 0 Å². The monoisotopic (exact) mass is 153 g/mol. The molecule has 0 spiro atoms. The van der Waals surface area contributed by atoms with Gasteiger partial charge in [0.2, 0.25) is 0 Å². The van der Waals surface area contributed by atoms with E-state index in [9.17, 15) is 4.79 Å². The Labute approximate surface area is 51.8 Å². The van der Waals surface area contributed by atoms with Crippen LogP contribution in [-0.4, -0.2) is 22.3 Å². The number of hydrogen-bond donors (Lipinski definition) is 2. The van der Waals surface area contributed by atoms with Gasteiger partial charge in [-0.15, -0.1) is 0 Å². The van der Waals surface area contributed by atoms with Gasteiger partial charge in [-0.25, -0.2) is 4.79 Å². The number of aliphatic carboxylic acids is 1. The van der Waals surface area contributed by atoms with Crippen LogP contribution < -0.4 is 0 Å². The van der Waals surface area contributed by atoms with E-state index >= 15 is 0 Å². The number of carbonyl (C=O) groups is 1. The molecule has 0 aromatic carbocycles. The molecule has 4 heteroatoms. The van der Waals surface area contributed by atoms with Gasteiger partial charge >= 0.3 is 23.0 Å². The van der Waals surface area contributed by atoms with Gasteiger partial charge in [0.25, 0.3) is 0 Å². The van der Waals surface area contributed by atoms with E-state index in [0.717, 1.165) is 0 Å². The van der Waals surface area contributed by atoms with Crippen molar-refractivity contribution in [3.8, 4) is 0 Å². The molecule has 0 amide bonds. The van der Waals surface area contributed by atoms with Crippen molar-refractivity contribution in [3.63, 3.8) is 0 Å². The number of aliphatic hydroxyl groups excluding tert-OH is 1. The van der Waals surface area contributed by atoms with E-state index in [4.69, 9.17) is 10.2 Å².